The molecule has 0 bridgehead atoms. The van der Waals surface area contributed by atoms with Crippen LogP contribution in [0.5, 0.6) is 0 Å². The van der Waals surface area contributed by atoms with Crippen molar-refractivity contribution in [2.45, 2.75) is 6.61 Å². The third-order valence-corrected chi connectivity index (χ3v) is 3.86. The maximum Gasteiger partial charge on any atom is 0.0687 e. The van der Waals surface area contributed by atoms with Crippen LogP contribution in [0.2, 0.25) is 0 Å². The Hall–Kier alpha value is -2.90. The van der Waals surface area contributed by atoms with Gasteiger partial charge in [0.05, 0.1) is 6.61 Å². The van der Waals surface area contributed by atoms with Crippen molar-refractivity contribution in [3.8, 4) is 0 Å². The minimum atomic E-state index is 0.0388. The van der Waals surface area contributed by atoms with Crippen LogP contribution in [0.25, 0.3) is 24.3 Å². The molecule has 0 unspecified atom stereocenters. The van der Waals surface area contributed by atoms with Crippen LogP contribution in [0.15, 0.2) is 78.9 Å². The average molecular weight is 312 g/mol. The molecular formula is C23H20O. The highest BCUT2D eigenvalue weighted by Gasteiger charge is 1.99. The summed E-state index contributed by atoms with van der Waals surface area (Å²) in [5.41, 5.74) is 5.40. The monoisotopic (exact) mass is 312 g/mol. The lowest BCUT2D eigenvalue weighted by atomic mass is 10.0. The molecule has 0 atom stereocenters. The number of rotatable bonds is 5. The fourth-order valence-corrected chi connectivity index (χ4v) is 2.52. The highest BCUT2D eigenvalue weighted by molar-refractivity contribution is 5.75. The normalized spacial score (nSPS) is 11.4. The van der Waals surface area contributed by atoms with Gasteiger partial charge < -0.3 is 5.11 Å². The third kappa shape index (κ3) is 4.31. The topological polar surface area (TPSA) is 20.2 Å². The minimum Gasteiger partial charge on any atom is -0.392 e. The van der Waals surface area contributed by atoms with E-state index in [0.717, 1.165) is 22.3 Å². The van der Waals surface area contributed by atoms with Gasteiger partial charge in [0.1, 0.15) is 0 Å². The first-order valence-electron chi connectivity index (χ1n) is 8.05. The summed E-state index contributed by atoms with van der Waals surface area (Å²) in [6.45, 7) is 0.0388. The number of hydrogen-bond acceptors (Lipinski definition) is 1. The quantitative estimate of drug-likeness (QED) is 0.615. The van der Waals surface area contributed by atoms with E-state index in [2.05, 4.69) is 54.6 Å². The van der Waals surface area contributed by atoms with Crippen LogP contribution < -0.4 is 0 Å². The van der Waals surface area contributed by atoms with Gasteiger partial charge in [0.2, 0.25) is 0 Å². The second-order valence-corrected chi connectivity index (χ2v) is 5.60. The first-order valence-corrected chi connectivity index (χ1v) is 8.05. The van der Waals surface area contributed by atoms with Crippen molar-refractivity contribution in [1.82, 2.24) is 0 Å². The Balaban J connectivity index is 1.85. The molecule has 0 aromatic heterocycles. The van der Waals surface area contributed by atoms with Gasteiger partial charge in [0, 0.05) is 0 Å². The number of aliphatic hydroxyl groups excluding tert-OH is 1. The van der Waals surface area contributed by atoms with Gasteiger partial charge in [0.15, 0.2) is 0 Å². The molecule has 0 fully saturated rings. The van der Waals surface area contributed by atoms with Gasteiger partial charge >= 0.3 is 0 Å². The van der Waals surface area contributed by atoms with E-state index in [1.54, 1.807) is 0 Å². The smallest absolute Gasteiger partial charge is 0.0687 e. The predicted molar refractivity (Wildman–Crippen MR) is 103 cm³/mol. The number of hydrogen-bond donors (Lipinski definition) is 1. The van der Waals surface area contributed by atoms with Crippen molar-refractivity contribution in [1.29, 1.82) is 0 Å². The molecule has 118 valence electrons. The summed E-state index contributed by atoms with van der Waals surface area (Å²) in [5.74, 6) is 0. The first kappa shape index (κ1) is 16.0. The SMILES string of the molecule is OCc1ccc(C=Cc2ccccc2)cc1C=Cc1ccccc1. The Kier molecular flexibility index (Phi) is 5.39. The molecule has 24 heavy (non-hydrogen) atoms. The summed E-state index contributed by atoms with van der Waals surface area (Å²) < 4.78 is 0. The Bertz CT molecular complexity index is 830. The van der Waals surface area contributed by atoms with E-state index < -0.39 is 0 Å². The Morgan fingerprint density at radius 3 is 1.71 bits per heavy atom. The lowest BCUT2D eigenvalue weighted by Gasteiger charge is -2.05. The van der Waals surface area contributed by atoms with Gasteiger partial charge in [0.25, 0.3) is 0 Å². The van der Waals surface area contributed by atoms with Gasteiger partial charge in [-0.3, -0.25) is 0 Å². The summed E-state index contributed by atoms with van der Waals surface area (Å²) in [7, 11) is 0. The van der Waals surface area contributed by atoms with Gasteiger partial charge in [-0.15, -0.1) is 0 Å². The maximum absolute atomic E-state index is 9.56. The molecule has 3 rings (SSSR count). The fourth-order valence-electron chi connectivity index (χ4n) is 2.52. The minimum absolute atomic E-state index is 0.0388. The van der Waals surface area contributed by atoms with Crippen molar-refractivity contribution in [2.75, 3.05) is 0 Å². The first-order chi connectivity index (χ1) is 11.8. The molecule has 0 aliphatic heterocycles. The van der Waals surface area contributed by atoms with Crippen molar-refractivity contribution >= 4 is 24.3 Å². The zero-order valence-electron chi connectivity index (χ0n) is 13.5. The van der Waals surface area contributed by atoms with E-state index in [1.807, 2.05) is 48.5 Å². The predicted octanol–water partition coefficient (Wildman–Crippen LogP) is 5.52. The molecule has 3 aromatic rings. The lowest BCUT2D eigenvalue weighted by Crippen LogP contribution is -1.89. The zero-order valence-corrected chi connectivity index (χ0v) is 13.5. The van der Waals surface area contributed by atoms with Crippen LogP contribution >= 0.6 is 0 Å². The van der Waals surface area contributed by atoms with Crippen molar-refractivity contribution < 1.29 is 5.11 Å². The highest BCUT2D eigenvalue weighted by atomic mass is 16.3. The van der Waals surface area contributed by atoms with Crippen molar-refractivity contribution in [3.63, 3.8) is 0 Å². The summed E-state index contributed by atoms with van der Waals surface area (Å²) in [6, 6.07) is 26.5. The van der Waals surface area contributed by atoms with E-state index in [1.165, 1.54) is 5.56 Å². The summed E-state index contributed by atoms with van der Waals surface area (Å²) in [5, 5.41) is 9.56. The van der Waals surface area contributed by atoms with Crippen LogP contribution in [0.4, 0.5) is 0 Å². The molecule has 0 aliphatic rings. The van der Waals surface area contributed by atoms with Crippen LogP contribution in [0, 0.1) is 0 Å². The average Bonchev–Trinajstić information content (AvgIpc) is 2.66. The summed E-state index contributed by atoms with van der Waals surface area (Å²) in [6.07, 6.45) is 8.31. The second kappa shape index (κ2) is 8.09. The third-order valence-electron chi connectivity index (χ3n) is 3.86. The Morgan fingerprint density at radius 1 is 0.583 bits per heavy atom. The molecule has 0 heterocycles. The molecule has 0 amide bonds. The Labute approximate surface area is 143 Å². The van der Waals surface area contributed by atoms with Gasteiger partial charge in [-0.05, 0) is 33.9 Å². The van der Waals surface area contributed by atoms with E-state index >= 15 is 0 Å². The lowest BCUT2D eigenvalue weighted by molar-refractivity contribution is 0.281. The molecule has 3 aromatic carbocycles. The fraction of sp³-hybridized carbons (Fsp3) is 0.0435. The maximum atomic E-state index is 9.56. The van der Waals surface area contributed by atoms with Crippen LogP contribution in [-0.4, -0.2) is 5.11 Å². The van der Waals surface area contributed by atoms with Crippen LogP contribution in [0.3, 0.4) is 0 Å². The molecule has 0 saturated carbocycles. The second-order valence-electron chi connectivity index (χ2n) is 5.60. The largest absolute Gasteiger partial charge is 0.392 e. The van der Waals surface area contributed by atoms with Crippen molar-refractivity contribution in [2.24, 2.45) is 0 Å². The molecule has 1 N–H and O–H groups in total. The molecule has 0 aliphatic carbocycles. The van der Waals surface area contributed by atoms with Gasteiger partial charge in [-0.25, -0.2) is 0 Å². The molecular weight excluding hydrogens is 292 g/mol. The standard InChI is InChI=1S/C23H20O/c24-18-23-16-14-21(12-11-19-7-3-1-4-8-19)17-22(23)15-13-20-9-5-2-6-10-20/h1-17,24H,18H2. The zero-order chi connectivity index (χ0) is 16.6. The number of benzene rings is 3. The van der Waals surface area contributed by atoms with E-state index in [4.69, 9.17) is 0 Å². The molecule has 1 heteroatoms. The van der Waals surface area contributed by atoms with Crippen molar-refractivity contribution in [3.05, 3.63) is 107 Å². The Morgan fingerprint density at radius 2 is 1.12 bits per heavy atom. The molecule has 1 nitrogen and oxygen atoms in total. The van der Waals surface area contributed by atoms with E-state index in [9.17, 15) is 5.11 Å². The van der Waals surface area contributed by atoms with Gasteiger partial charge in [-0.2, -0.15) is 0 Å². The molecule has 0 saturated heterocycles. The highest BCUT2D eigenvalue weighted by Crippen LogP contribution is 2.18. The van der Waals surface area contributed by atoms with Crippen LogP contribution in [0.1, 0.15) is 27.8 Å². The van der Waals surface area contributed by atoms with E-state index in [0.29, 0.717) is 0 Å². The number of aliphatic hydroxyl groups is 1. The molecule has 0 radical (unpaired) electrons. The molecule has 0 spiro atoms. The van der Waals surface area contributed by atoms with Gasteiger partial charge in [-0.1, -0.05) is 97.1 Å². The van der Waals surface area contributed by atoms with Crippen LogP contribution in [-0.2, 0) is 6.61 Å². The van der Waals surface area contributed by atoms with E-state index in [-0.39, 0.29) is 6.61 Å². The summed E-state index contributed by atoms with van der Waals surface area (Å²) in [4.78, 5) is 0. The summed E-state index contributed by atoms with van der Waals surface area (Å²) >= 11 is 0.